The summed E-state index contributed by atoms with van der Waals surface area (Å²) in [4.78, 5) is 23.4. The lowest BCUT2D eigenvalue weighted by atomic mass is 10.0. The fourth-order valence-electron chi connectivity index (χ4n) is 3.67. The number of hydrogen-bond donors (Lipinski definition) is 1. The molecule has 0 spiro atoms. The van der Waals surface area contributed by atoms with Crippen molar-refractivity contribution < 1.29 is 22.7 Å². The molecule has 3 heterocycles. The van der Waals surface area contributed by atoms with Crippen LogP contribution in [-0.2, 0) is 21.2 Å². The number of amides is 1. The third-order valence-electron chi connectivity index (χ3n) is 5.09. The van der Waals surface area contributed by atoms with Crippen LogP contribution in [0.15, 0.2) is 29.2 Å². The molecule has 3 aromatic rings. The molecule has 0 saturated heterocycles. The highest BCUT2D eigenvalue weighted by molar-refractivity contribution is 7.91. The lowest BCUT2D eigenvalue weighted by molar-refractivity contribution is 0.0938. The van der Waals surface area contributed by atoms with Crippen molar-refractivity contribution in [2.75, 3.05) is 20.0 Å². The van der Waals surface area contributed by atoms with E-state index in [1.165, 1.54) is 18.4 Å². The normalized spacial score (nSPS) is 17.5. The van der Waals surface area contributed by atoms with E-state index >= 15 is 0 Å². The number of hydrogen-bond acceptors (Lipinski definition) is 8. The number of sulfone groups is 1. The van der Waals surface area contributed by atoms with Crippen LogP contribution in [0, 0.1) is 6.92 Å². The van der Waals surface area contributed by atoms with Crippen LogP contribution in [0.2, 0.25) is 0 Å². The Labute approximate surface area is 178 Å². The van der Waals surface area contributed by atoms with E-state index in [0.717, 1.165) is 5.56 Å². The number of ether oxygens (including phenoxy) is 2. The number of fused-ring (bicyclic) bond motifs is 2. The zero-order valence-electron chi connectivity index (χ0n) is 16.8. The molecule has 10 heteroatoms. The predicted octanol–water partition coefficient (Wildman–Crippen LogP) is 2.80. The Morgan fingerprint density at radius 2 is 2.03 bits per heavy atom. The van der Waals surface area contributed by atoms with E-state index in [-0.39, 0.29) is 29.2 Å². The molecule has 1 atom stereocenters. The first-order valence-corrected chi connectivity index (χ1v) is 11.8. The van der Waals surface area contributed by atoms with Crippen molar-refractivity contribution in [2.24, 2.45) is 0 Å². The van der Waals surface area contributed by atoms with Gasteiger partial charge < -0.3 is 14.8 Å². The molecule has 30 heavy (non-hydrogen) atoms. The highest BCUT2D eigenvalue weighted by atomic mass is 32.2. The largest absolute Gasteiger partial charge is 0.480 e. The van der Waals surface area contributed by atoms with Crippen molar-refractivity contribution in [3.8, 4) is 5.88 Å². The number of thiophene rings is 1. The number of nitrogens with one attached hydrogen (secondary N) is 1. The second-order valence-corrected chi connectivity index (χ2v) is 10.1. The molecule has 1 N–H and O–H groups in total. The monoisotopic (exact) mass is 447 g/mol. The van der Waals surface area contributed by atoms with Gasteiger partial charge in [-0.15, -0.1) is 11.3 Å². The van der Waals surface area contributed by atoms with Crippen molar-refractivity contribution in [1.82, 2.24) is 15.3 Å². The van der Waals surface area contributed by atoms with Crippen LogP contribution in [0.5, 0.6) is 5.88 Å². The van der Waals surface area contributed by atoms with Crippen LogP contribution in [-0.4, -0.2) is 44.3 Å². The summed E-state index contributed by atoms with van der Waals surface area (Å²) in [6, 6.07) is 6.44. The Morgan fingerprint density at radius 1 is 1.27 bits per heavy atom. The number of aryl methyl sites for hydroxylation is 1. The molecule has 0 aliphatic carbocycles. The standard InChI is InChI=1S/C20H21N3O5S2/c1-11-16-19(28-3)22-15(10-27-2)23-20(16)29-17(11)18(24)21-13-8-9-30(25,26)14-7-5-4-6-12(13)14/h4-7,13H,8-10H2,1-3H3,(H,21,24). The summed E-state index contributed by atoms with van der Waals surface area (Å²) in [6.45, 7) is 2.06. The first-order valence-electron chi connectivity index (χ1n) is 9.31. The quantitative estimate of drug-likeness (QED) is 0.641. The molecule has 1 amide bonds. The molecule has 8 nitrogen and oxygen atoms in total. The SMILES string of the molecule is COCc1nc(OC)c2c(C)c(C(=O)NC3CCS(=O)(=O)c4ccccc43)sc2n1. The average Bonchev–Trinajstić information content (AvgIpc) is 3.06. The van der Waals surface area contributed by atoms with E-state index < -0.39 is 9.84 Å². The Balaban J connectivity index is 1.70. The molecule has 2 aromatic heterocycles. The van der Waals surface area contributed by atoms with Gasteiger partial charge in [0.05, 0.1) is 34.1 Å². The van der Waals surface area contributed by atoms with E-state index in [4.69, 9.17) is 9.47 Å². The zero-order valence-corrected chi connectivity index (χ0v) is 18.4. The Bertz CT molecular complexity index is 1240. The van der Waals surface area contributed by atoms with Gasteiger partial charge in [-0.05, 0) is 30.5 Å². The van der Waals surface area contributed by atoms with Crippen LogP contribution >= 0.6 is 11.3 Å². The van der Waals surface area contributed by atoms with Crippen molar-refractivity contribution >= 4 is 37.3 Å². The second kappa shape index (κ2) is 7.93. The van der Waals surface area contributed by atoms with Gasteiger partial charge in [0.2, 0.25) is 5.88 Å². The minimum absolute atomic E-state index is 0.0000341. The van der Waals surface area contributed by atoms with E-state index in [1.54, 1.807) is 31.4 Å². The maximum absolute atomic E-state index is 13.1. The van der Waals surface area contributed by atoms with Crippen molar-refractivity contribution in [2.45, 2.75) is 30.9 Å². The fraction of sp³-hybridized carbons (Fsp3) is 0.350. The minimum atomic E-state index is -3.32. The summed E-state index contributed by atoms with van der Waals surface area (Å²) in [5.41, 5.74) is 1.35. The van der Waals surface area contributed by atoms with Gasteiger partial charge in [-0.3, -0.25) is 4.79 Å². The van der Waals surface area contributed by atoms with Crippen LogP contribution < -0.4 is 10.1 Å². The highest BCUT2D eigenvalue weighted by Crippen LogP contribution is 2.36. The highest BCUT2D eigenvalue weighted by Gasteiger charge is 2.32. The van der Waals surface area contributed by atoms with E-state index in [2.05, 4.69) is 15.3 Å². The summed E-state index contributed by atoms with van der Waals surface area (Å²) >= 11 is 1.25. The number of carbonyl (C=O) groups is 1. The Morgan fingerprint density at radius 3 is 2.77 bits per heavy atom. The maximum Gasteiger partial charge on any atom is 0.262 e. The molecule has 1 aliphatic rings. The summed E-state index contributed by atoms with van der Waals surface area (Å²) in [5.74, 6) is 0.598. The third-order valence-corrected chi connectivity index (χ3v) is 8.09. The van der Waals surface area contributed by atoms with E-state index in [9.17, 15) is 13.2 Å². The van der Waals surface area contributed by atoms with Gasteiger partial charge in [0.15, 0.2) is 15.7 Å². The number of nitrogens with zero attached hydrogens (tertiary/aromatic N) is 2. The molecule has 0 saturated carbocycles. The number of benzene rings is 1. The van der Waals surface area contributed by atoms with Crippen LogP contribution in [0.25, 0.3) is 10.2 Å². The summed E-state index contributed by atoms with van der Waals surface area (Å²) in [6.07, 6.45) is 0.330. The summed E-state index contributed by atoms with van der Waals surface area (Å²) in [5, 5.41) is 3.70. The second-order valence-electron chi connectivity index (χ2n) is 6.99. The molecule has 1 aromatic carbocycles. The number of aromatic nitrogens is 2. The van der Waals surface area contributed by atoms with Gasteiger partial charge in [0.25, 0.3) is 5.91 Å². The molecule has 158 valence electrons. The lowest BCUT2D eigenvalue weighted by Crippen LogP contribution is -2.33. The molecule has 0 fully saturated rings. The number of rotatable bonds is 5. The first-order chi connectivity index (χ1) is 14.4. The van der Waals surface area contributed by atoms with E-state index in [0.29, 0.717) is 38.8 Å². The maximum atomic E-state index is 13.1. The smallest absolute Gasteiger partial charge is 0.262 e. The van der Waals surface area contributed by atoms with E-state index in [1.807, 2.05) is 6.92 Å². The minimum Gasteiger partial charge on any atom is -0.480 e. The first kappa shape index (κ1) is 20.7. The van der Waals surface area contributed by atoms with Gasteiger partial charge in [-0.2, -0.15) is 4.98 Å². The van der Waals surface area contributed by atoms with Gasteiger partial charge in [-0.1, -0.05) is 18.2 Å². The topological polar surface area (TPSA) is 107 Å². The average molecular weight is 448 g/mol. The molecular weight excluding hydrogens is 426 g/mol. The zero-order chi connectivity index (χ0) is 21.5. The number of carbonyl (C=O) groups excluding carboxylic acids is 1. The van der Waals surface area contributed by atoms with Gasteiger partial charge in [0.1, 0.15) is 11.4 Å². The Hall–Kier alpha value is -2.56. The molecule has 1 unspecified atom stereocenters. The molecule has 0 bridgehead atoms. The van der Waals surface area contributed by atoms with Crippen molar-refractivity contribution in [3.05, 3.63) is 46.1 Å². The predicted molar refractivity (Wildman–Crippen MR) is 113 cm³/mol. The van der Waals surface area contributed by atoms with Gasteiger partial charge >= 0.3 is 0 Å². The summed E-state index contributed by atoms with van der Waals surface area (Å²) in [7, 11) is -0.240. The van der Waals surface area contributed by atoms with Crippen LogP contribution in [0.1, 0.15) is 39.1 Å². The molecule has 4 rings (SSSR count). The molecule has 0 radical (unpaired) electrons. The fourth-order valence-corrected chi connectivity index (χ4v) is 6.38. The Kier molecular flexibility index (Phi) is 5.48. The molecular formula is C20H21N3O5S2. The summed E-state index contributed by atoms with van der Waals surface area (Å²) < 4.78 is 35.2. The lowest BCUT2D eigenvalue weighted by Gasteiger charge is -2.26. The van der Waals surface area contributed by atoms with Gasteiger partial charge in [-0.25, -0.2) is 13.4 Å². The van der Waals surface area contributed by atoms with Crippen molar-refractivity contribution in [1.29, 1.82) is 0 Å². The number of methoxy groups -OCH3 is 2. The van der Waals surface area contributed by atoms with Crippen molar-refractivity contribution in [3.63, 3.8) is 0 Å². The van der Waals surface area contributed by atoms with Gasteiger partial charge in [0, 0.05) is 7.11 Å². The molecule has 1 aliphatic heterocycles. The van der Waals surface area contributed by atoms with Crippen LogP contribution in [0.3, 0.4) is 0 Å². The van der Waals surface area contributed by atoms with Crippen LogP contribution in [0.4, 0.5) is 0 Å². The third kappa shape index (κ3) is 3.55.